The lowest BCUT2D eigenvalue weighted by Gasteiger charge is -2.57. The topological polar surface area (TPSA) is 20.2 Å². The predicted molar refractivity (Wildman–Crippen MR) is 76.6 cm³/mol. The van der Waals surface area contributed by atoms with Crippen LogP contribution in [0.1, 0.15) is 56.6 Å². The van der Waals surface area contributed by atoms with Gasteiger partial charge in [-0.25, -0.2) is 4.39 Å². The van der Waals surface area contributed by atoms with Crippen molar-refractivity contribution in [2.45, 2.75) is 51.0 Å². The summed E-state index contributed by atoms with van der Waals surface area (Å²) in [6.45, 7) is 0. The lowest BCUT2D eigenvalue weighted by molar-refractivity contribution is -0.0767. The van der Waals surface area contributed by atoms with E-state index in [1.807, 2.05) is 6.07 Å². The average Bonchev–Trinajstić information content (AvgIpc) is 2.36. The molecule has 1 unspecified atom stereocenters. The third-order valence-corrected chi connectivity index (χ3v) is 6.06. The van der Waals surface area contributed by atoms with Gasteiger partial charge in [0, 0.05) is 5.56 Å². The molecular weight excluding hydrogens is 251 g/mol. The first-order valence-electron chi connectivity index (χ1n) is 8.06. The molecule has 2 heteroatoms. The lowest BCUT2D eigenvalue weighted by Crippen LogP contribution is -2.46. The normalized spacial score (nSPS) is 40.0. The Hall–Kier alpha value is -0.890. The van der Waals surface area contributed by atoms with Crippen LogP contribution in [-0.4, -0.2) is 5.11 Å². The summed E-state index contributed by atoms with van der Waals surface area (Å²) in [5.41, 5.74) is 0.791. The van der Waals surface area contributed by atoms with E-state index in [-0.39, 0.29) is 5.82 Å². The van der Waals surface area contributed by atoms with E-state index in [4.69, 9.17) is 0 Å². The maximum absolute atomic E-state index is 13.8. The zero-order valence-corrected chi connectivity index (χ0v) is 11.9. The molecule has 20 heavy (non-hydrogen) atoms. The highest BCUT2D eigenvalue weighted by molar-refractivity contribution is 5.20. The van der Waals surface area contributed by atoms with Gasteiger partial charge in [0.15, 0.2) is 0 Å². The van der Waals surface area contributed by atoms with E-state index in [1.54, 1.807) is 12.1 Å². The van der Waals surface area contributed by atoms with Crippen molar-refractivity contribution in [3.63, 3.8) is 0 Å². The monoisotopic (exact) mass is 274 g/mol. The second kappa shape index (κ2) is 4.56. The predicted octanol–water partition coefficient (Wildman–Crippen LogP) is 4.47. The van der Waals surface area contributed by atoms with Crippen molar-refractivity contribution in [2.75, 3.05) is 0 Å². The van der Waals surface area contributed by atoms with Crippen LogP contribution >= 0.6 is 0 Å². The molecule has 0 heterocycles. The van der Waals surface area contributed by atoms with Crippen molar-refractivity contribution in [2.24, 2.45) is 23.2 Å². The summed E-state index contributed by atoms with van der Waals surface area (Å²) in [5.74, 6) is 2.39. The van der Waals surface area contributed by atoms with Gasteiger partial charge in [-0.15, -0.1) is 0 Å². The van der Waals surface area contributed by atoms with E-state index in [1.165, 1.54) is 44.6 Å². The van der Waals surface area contributed by atoms with Gasteiger partial charge in [-0.05, 0) is 74.2 Å². The molecule has 4 bridgehead atoms. The van der Waals surface area contributed by atoms with Crippen LogP contribution in [0.3, 0.4) is 0 Å². The molecular formula is C18H23FO. The number of benzene rings is 1. The third-order valence-electron chi connectivity index (χ3n) is 6.06. The molecule has 0 radical (unpaired) electrons. The van der Waals surface area contributed by atoms with Crippen LogP contribution in [0.5, 0.6) is 0 Å². The molecule has 1 nitrogen and oxygen atoms in total. The van der Waals surface area contributed by atoms with Crippen LogP contribution < -0.4 is 0 Å². The Morgan fingerprint density at radius 3 is 2.15 bits per heavy atom. The summed E-state index contributed by atoms with van der Waals surface area (Å²) in [4.78, 5) is 0. The molecule has 108 valence electrons. The fourth-order valence-electron chi connectivity index (χ4n) is 5.81. The van der Waals surface area contributed by atoms with Gasteiger partial charge >= 0.3 is 0 Å². The minimum Gasteiger partial charge on any atom is -0.388 e. The average molecular weight is 274 g/mol. The molecule has 4 aliphatic rings. The summed E-state index contributed by atoms with van der Waals surface area (Å²) in [7, 11) is 0. The van der Waals surface area contributed by atoms with Gasteiger partial charge in [0.05, 0.1) is 6.10 Å². The quantitative estimate of drug-likeness (QED) is 0.862. The van der Waals surface area contributed by atoms with Gasteiger partial charge in [0.25, 0.3) is 0 Å². The summed E-state index contributed by atoms with van der Waals surface area (Å²) >= 11 is 0. The standard InChI is InChI=1S/C18H23FO/c19-16-4-2-1-3-15(16)17(20)11-18-8-12-5-13(9-18)7-14(6-12)10-18/h1-4,12-14,17,20H,5-11H2. The van der Waals surface area contributed by atoms with Crippen LogP contribution in [0.15, 0.2) is 24.3 Å². The minimum atomic E-state index is -0.632. The van der Waals surface area contributed by atoms with Crippen LogP contribution in [0.2, 0.25) is 0 Å². The molecule has 1 N–H and O–H groups in total. The summed E-state index contributed by atoms with van der Waals surface area (Å²) in [5, 5.41) is 10.5. The minimum absolute atomic E-state index is 0.260. The molecule has 0 aromatic heterocycles. The van der Waals surface area contributed by atoms with Crippen LogP contribution in [0, 0.1) is 29.0 Å². The van der Waals surface area contributed by atoms with Gasteiger partial charge in [-0.3, -0.25) is 0 Å². The van der Waals surface area contributed by atoms with Gasteiger partial charge in [-0.1, -0.05) is 18.2 Å². The number of aliphatic hydroxyl groups excluding tert-OH is 1. The van der Waals surface area contributed by atoms with E-state index in [0.717, 1.165) is 24.2 Å². The maximum atomic E-state index is 13.8. The fraction of sp³-hybridized carbons (Fsp3) is 0.667. The Balaban J connectivity index is 1.55. The Morgan fingerprint density at radius 1 is 1.05 bits per heavy atom. The highest BCUT2D eigenvalue weighted by Crippen LogP contribution is 2.62. The Labute approximate surface area is 120 Å². The van der Waals surface area contributed by atoms with E-state index in [2.05, 4.69) is 0 Å². The van der Waals surface area contributed by atoms with Gasteiger partial charge in [0.2, 0.25) is 0 Å². The molecule has 4 aliphatic carbocycles. The molecule has 4 saturated carbocycles. The Kier molecular flexibility index (Phi) is 2.92. The van der Waals surface area contributed by atoms with Crippen LogP contribution in [0.25, 0.3) is 0 Å². The number of hydrogen-bond acceptors (Lipinski definition) is 1. The lowest BCUT2D eigenvalue weighted by atomic mass is 9.48. The van der Waals surface area contributed by atoms with Crippen LogP contribution in [-0.2, 0) is 0 Å². The molecule has 1 aromatic carbocycles. The molecule has 5 rings (SSSR count). The third kappa shape index (κ3) is 2.09. The van der Waals surface area contributed by atoms with Crippen molar-refractivity contribution in [3.05, 3.63) is 35.6 Å². The zero-order valence-electron chi connectivity index (χ0n) is 11.9. The van der Waals surface area contributed by atoms with Crippen LogP contribution in [0.4, 0.5) is 4.39 Å². The van der Waals surface area contributed by atoms with E-state index in [9.17, 15) is 9.50 Å². The first-order valence-corrected chi connectivity index (χ1v) is 8.06. The molecule has 0 spiro atoms. The molecule has 0 aliphatic heterocycles. The molecule has 4 fully saturated rings. The smallest absolute Gasteiger partial charge is 0.128 e. The zero-order chi connectivity index (χ0) is 13.7. The first-order chi connectivity index (χ1) is 9.63. The van der Waals surface area contributed by atoms with Gasteiger partial charge < -0.3 is 5.11 Å². The molecule has 1 aromatic rings. The summed E-state index contributed by atoms with van der Waals surface area (Å²) < 4.78 is 13.8. The highest BCUT2D eigenvalue weighted by atomic mass is 19.1. The Bertz CT molecular complexity index is 475. The SMILES string of the molecule is OC(CC12CC3CC(CC(C3)C1)C2)c1ccccc1F. The van der Waals surface area contributed by atoms with E-state index in [0.29, 0.717) is 11.0 Å². The number of aliphatic hydroxyl groups is 1. The van der Waals surface area contributed by atoms with Crippen molar-refractivity contribution < 1.29 is 9.50 Å². The van der Waals surface area contributed by atoms with Gasteiger partial charge in [0.1, 0.15) is 5.82 Å². The molecule has 1 atom stereocenters. The van der Waals surface area contributed by atoms with Crippen molar-refractivity contribution >= 4 is 0 Å². The molecule has 0 saturated heterocycles. The largest absolute Gasteiger partial charge is 0.388 e. The maximum Gasteiger partial charge on any atom is 0.128 e. The van der Waals surface area contributed by atoms with Crippen molar-refractivity contribution in [3.8, 4) is 0 Å². The Morgan fingerprint density at radius 2 is 1.60 bits per heavy atom. The van der Waals surface area contributed by atoms with Crippen molar-refractivity contribution in [1.29, 1.82) is 0 Å². The van der Waals surface area contributed by atoms with Crippen molar-refractivity contribution in [1.82, 2.24) is 0 Å². The number of hydrogen-bond donors (Lipinski definition) is 1. The van der Waals surface area contributed by atoms with E-state index >= 15 is 0 Å². The molecule has 0 amide bonds. The first kappa shape index (κ1) is 12.8. The highest BCUT2D eigenvalue weighted by Gasteiger charge is 2.51. The second-order valence-electron chi connectivity index (χ2n) is 7.66. The number of halogens is 1. The summed E-state index contributed by atoms with van der Waals surface area (Å²) in [6.07, 6.45) is 8.17. The fourth-order valence-corrected chi connectivity index (χ4v) is 5.81. The van der Waals surface area contributed by atoms with E-state index < -0.39 is 6.10 Å². The summed E-state index contributed by atoms with van der Waals surface area (Å²) in [6, 6.07) is 6.70. The second-order valence-corrected chi connectivity index (χ2v) is 7.66. The number of rotatable bonds is 3. The van der Waals surface area contributed by atoms with Gasteiger partial charge in [-0.2, -0.15) is 0 Å².